The van der Waals surface area contributed by atoms with Crippen molar-refractivity contribution in [2.24, 2.45) is 0 Å². The lowest BCUT2D eigenvalue weighted by Gasteiger charge is -2.19. The molecule has 1 aromatic heterocycles. The average molecular weight is 444 g/mol. The maximum absolute atomic E-state index is 12.6. The maximum atomic E-state index is 12.6. The van der Waals surface area contributed by atoms with Gasteiger partial charge in [0.25, 0.3) is 0 Å². The van der Waals surface area contributed by atoms with E-state index in [0.717, 1.165) is 11.3 Å². The topological polar surface area (TPSA) is 80.3 Å². The van der Waals surface area contributed by atoms with Crippen LogP contribution in [0.4, 0.5) is 5.69 Å². The number of esters is 1. The Kier molecular flexibility index (Phi) is 7.41. The quantitative estimate of drug-likeness (QED) is 0.525. The fourth-order valence-corrected chi connectivity index (χ4v) is 3.48. The molecule has 1 amide bonds. The molecule has 30 heavy (non-hydrogen) atoms. The van der Waals surface area contributed by atoms with Crippen LogP contribution >= 0.6 is 23.2 Å². The Bertz CT molecular complexity index is 991. The highest BCUT2D eigenvalue weighted by Crippen LogP contribution is 2.31. The van der Waals surface area contributed by atoms with E-state index in [9.17, 15) is 9.59 Å². The van der Waals surface area contributed by atoms with Crippen LogP contribution in [0.25, 0.3) is 0 Å². The molecule has 0 bridgehead atoms. The SMILES string of the molecule is COC(=O)c1cc(Cl)cc(Cl)c1NC(=O)CN[C@H](c1ccccc1)c1ccccn1. The minimum absolute atomic E-state index is 0.0459. The van der Waals surface area contributed by atoms with E-state index in [4.69, 9.17) is 27.9 Å². The molecule has 0 spiro atoms. The number of aromatic nitrogens is 1. The number of amides is 1. The molecular formula is C22H19Cl2N3O3. The van der Waals surface area contributed by atoms with Crippen LogP contribution < -0.4 is 10.6 Å². The highest BCUT2D eigenvalue weighted by Gasteiger charge is 2.20. The van der Waals surface area contributed by atoms with Crippen LogP contribution in [0.2, 0.25) is 10.0 Å². The predicted octanol–water partition coefficient (Wildman–Crippen LogP) is 4.49. The van der Waals surface area contributed by atoms with Gasteiger partial charge in [-0.3, -0.25) is 15.1 Å². The number of carbonyl (C=O) groups is 2. The lowest BCUT2D eigenvalue weighted by atomic mass is 10.0. The number of nitrogens with one attached hydrogen (secondary N) is 2. The first kappa shape index (κ1) is 21.8. The van der Waals surface area contributed by atoms with Gasteiger partial charge in [-0.2, -0.15) is 0 Å². The van der Waals surface area contributed by atoms with Crippen molar-refractivity contribution < 1.29 is 14.3 Å². The third kappa shape index (κ3) is 5.36. The summed E-state index contributed by atoms with van der Waals surface area (Å²) in [7, 11) is 1.24. The van der Waals surface area contributed by atoms with Crippen LogP contribution in [0.1, 0.15) is 27.7 Å². The highest BCUT2D eigenvalue weighted by atomic mass is 35.5. The van der Waals surface area contributed by atoms with Crippen LogP contribution in [0.3, 0.4) is 0 Å². The van der Waals surface area contributed by atoms with Crippen molar-refractivity contribution in [3.05, 3.63) is 93.7 Å². The van der Waals surface area contributed by atoms with Crippen molar-refractivity contribution in [2.45, 2.75) is 6.04 Å². The third-order valence-electron chi connectivity index (χ3n) is 4.31. The molecule has 0 saturated carbocycles. The van der Waals surface area contributed by atoms with E-state index in [1.165, 1.54) is 19.2 Å². The molecule has 3 aromatic rings. The number of benzene rings is 2. The first-order valence-electron chi connectivity index (χ1n) is 9.06. The van der Waals surface area contributed by atoms with Crippen molar-refractivity contribution in [2.75, 3.05) is 19.0 Å². The molecule has 1 heterocycles. The van der Waals surface area contributed by atoms with Crippen LogP contribution in [0, 0.1) is 0 Å². The zero-order valence-corrected chi connectivity index (χ0v) is 17.6. The molecule has 1 atom stereocenters. The standard InChI is InChI=1S/C22H19Cl2N3O3/c1-30-22(29)16-11-15(23)12-17(24)21(16)27-19(28)13-26-20(14-7-3-2-4-8-14)18-9-5-6-10-25-18/h2-12,20,26H,13H2,1H3,(H,27,28)/t20-/m1/s1. The molecule has 0 aliphatic heterocycles. The molecule has 0 aliphatic rings. The summed E-state index contributed by atoms with van der Waals surface area (Å²) in [5, 5.41) is 6.27. The maximum Gasteiger partial charge on any atom is 0.340 e. The van der Waals surface area contributed by atoms with Crippen molar-refractivity contribution in [3.8, 4) is 0 Å². The minimum Gasteiger partial charge on any atom is -0.465 e. The number of carbonyl (C=O) groups excluding carboxylic acids is 2. The molecule has 0 fully saturated rings. The number of methoxy groups -OCH3 is 1. The summed E-state index contributed by atoms with van der Waals surface area (Å²) in [6.45, 7) is -0.0459. The van der Waals surface area contributed by atoms with Gasteiger partial charge in [0.15, 0.2) is 0 Å². The third-order valence-corrected chi connectivity index (χ3v) is 4.82. The molecule has 154 valence electrons. The minimum atomic E-state index is -0.654. The summed E-state index contributed by atoms with van der Waals surface area (Å²) in [5.41, 5.74) is 1.96. The first-order chi connectivity index (χ1) is 14.5. The fraction of sp³-hybridized carbons (Fsp3) is 0.136. The Hall–Kier alpha value is -2.93. The monoisotopic (exact) mass is 443 g/mol. The number of hydrogen-bond donors (Lipinski definition) is 2. The van der Waals surface area contributed by atoms with E-state index < -0.39 is 5.97 Å². The average Bonchev–Trinajstić information content (AvgIpc) is 2.76. The molecule has 0 unspecified atom stereocenters. The molecule has 8 heteroatoms. The number of nitrogens with zero attached hydrogens (tertiary/aromatic N) is 1. The van der Waals surface area contributed by atoms with E-state index in [0.29, 0.717) is 0 Å². The van der Waals surface area contributed by atoms with Crippen molar-refractivity contribution in [1.29, 1.82) is 0 Å². The van der Waals surface area contributed by atoms with E-state index in [2.05, 4.69) is 15.6 Å². The lowest BCUT2D eigenvalue weighted by molar-refractivity contribution is -0.115. The summed E-state index contributed by atoms with van der Waals surface area (Å²) in [5.74, 6) is -1.04. The molecule has 2 aromatic carbocycles. The van der Waals surface area contributed by atoms with Gasteiger partial charge in [0.1, 0.15) is 0 Å². The van der Waals surface area contributed by atoms with Gasteiger partial charge in [0, 0.05) is 11.2 Å². The van der Waals surface area contributed by atoms with Gasteiger partial charge in [-0.05, 0) is 29.8 Å². The van der Waals surface area contributed by atoms with Gasteiger partial charge in [0.2, 0.25) is 5.91 Å². The second-order valence-electron chi connectivity index (χ2n) is 6.33. The first-order valence-corrected chi connectivity index (χ1v) is 9.81. The number of ether oxygens (including phenoxy) is 1. The molecule has 0 radical (unpaired) electrons. The molecular weight excluding hydrogens is 425 g/mol. The molecule has 0 aliphatic carbocycles. The summed E-state index contributed by atoms with van der Waals surface area (Å²) in [4.78, 5) is 29.1. The van der Waals surface area contributed by atoms with E-state index >= 15 is 0 Å². The Labute approximate surface area is 184 Å². The Balaban J connectivity index is 1.78. The zero-order valence-electron chi connectivity index (χ0n) is 16.1. The molecule has 2 N–H and O–H groups in total. The number of anilines is 1. The summed E-state index contributed by atoms with van der Waals surface area (Å²) in [6, 6.07) is 17.8. The smallest absolute Gasteiger partial charge is 0.340 e. The van der Waals surface area contributed by atoms with Gasteiger partial charge in [0.05, 0.1) is 41.7 Å². The second kappa shape index (κ2) is 10.2. The zero-order chi connectivity index (χ0) is 21.5. The molecule has 0 saturated heterocycles. The number of hydrogen-bond acceptors (Lipinski definition) is 5. The van der Waals surface area contributed by atoms with E-state index in [1.54, 1.807) is 6.20 Å². The Morgan fingerprint density at radius 1 is 1.07 bits per heavy atom. The lowest BCUT2D eigenvalue weighted by Crippen LogP contribution is -2.32. The van der Waals surface area contributed by atoms with Gasteiger partial charge in [-0.15, -0.1) is 0 Å². The van der Waals surface area contributed by atoms with Gasteiger partial charge in [-0.25, -0.2) is 4.79 Å². The molecule has 6 nitrogen and oxygen atoms in total. The van der Waals surface area contributed by atoms with E-state index in [-0.39, 0.29) is 39.8 Å². The van der Waals surface area contributed by atoms with Crippen LogP contribution in [-0.2, 0) is 9.53 Å². The van der Waals surface area contributed by atoms with Crippen molar-refractivity contribution in [1.82, 2.24) is 10.3 Å². The summed E-state index contributed by atoms with van der Waals surface area (Å²) < 4.78 is 4.75. The van der Waals surface area contributed by atoms with Crippen molar-refractivity contribution in [3.63, 3.8) is 0 Å². The highest BCUT2D eigenvalue weighted by molar-refractivity contribution is 6.37. The number of pyridine rings is 1. The number of halogens is 2. The number of rotatable bonds is 7. The van der Waals surface area contributed by atoms with Gasteiger partial charge in [-0.1, -0.05) is 59.6 Å². The van der Waals surface area contributed by atoms with Crippen LogP contribution in [0.5, 0.6) is 0 Å². The Morgan fingerprint density at radius 2 is 1.80 bits per heavy atom. The molecule has 3 rings (SSSR count). The van der Waals surface area contributed by atoms with Crippen LogP contribution in [0.15, 0.2) is 66.9 Å². The van der Waals surface area contributed by atoms with Gasteiger partial charge >= 0.3 is 5.97 Å². The summed E-state index contributed by atoms with van der Waals surface area (Å²) >= 11 is 12.2. The van der Waals surface area contributed by atoms with E-state index in [1.807, 2.05) is 48.5 Å². The normalized spacial score (nSPS) is 11.6. The summed E-state index contributed by atoms with van der Waals surface area (Å²) in [6.07, 6.45) is 1.70. The largest absolute Gasteiger partial charge is 0.465 e. The predicted molar refractivity (Wildman–Crippen MR) is 117 cm³/mol. The van der Waals surface area contributed by atoms with Crippen molar-refractivity contribution >= 4 is 40.8 Å². The fourth-order valence-electron chi connectivity index (χ4n) is 2.94. The van der Waals surface area contributed by atoms with Gasteiger partial charge < -0.3 is 10.1 Å². The second-order valence-corrected chi connectivity index (χ2v) is 7.17. The Morgan fingerprint density at radius 3 is 2.47 bits per heavy atom. The van der Waals surface area contributed by atoms with Crippen LogP contribution in [-0.4, -0.2) is 30.5 Å².